The molecule has 0 N–H and O–H groups in total. The minimum atomic E-state index is 0.116. The zero-order chi connectivity index (χ0) is 14.1. The Hall–Kier alpha value is -1.69. The van der Waals surface area contributed by atoms with E-state index in [1.807, 2.05) is 11.6 Å². The Bertz CT molecular complexity index is 532. The van der Waals surface area contributed by atoms with Crippen molar-refractivity contribution >= 4 is 18.0 Å². The van der Waals surface area contributed by atoms with Crippen molar-refractivity contribution in [2.45, 2.75) is 38.6 Å². The van der Waals surface area contributed by atoms with Gasteiger partial charge in [-0.1, -0.05) is 0 Å². The third-order valence-corrected chi connectivity index (χ3v) is 4.12. The van der Waals surface area contributed by atoms with Gasteiger partial charge in [0.15, 0.2) is 6.29 Å². The third kappa shape index (κ3) is 2.04. The molecule has 20 heavy (non-hydrogen) atoms. The van der Waals surface area contributed by atoms with E-state index in [0.29, 0.717) is 38.3 Å². The van der Waals surface area contributed by atoms with Crippen LogP contribution in [0.3, 0.4) is 0 Å². The van der Waals surface area contributed by atoms with Gasteiger partial charge in [0, 0.05) is 31.7 Å². The monoisotopic (exact) mass is 277 g/mol. The molecule has 2 aliphatic heterocycles. The molecular formula is C14H19N3O3. The molecule has 0 unspecified atom stereocenters. The van der Waals surface area contributed by atoms with Crippen LogP contribution in [0.15, 0.2) is 0 Å². The standard InChI is InChI=1S/C14H19N3O3/c1-2-16-13(19)4-3-11-12(9-18)15-17(14(11)16)10-5-7-20-8-6-10/h9-10H,2-8H2,1H3. The van der Waals surface area contributed by atoms with Crippen molar-refractivity contribution in [3.63, 3.8) is 0 Å². The molecule has 0 radical (unpaired) electrons. The van der Waals surface area contributed by atoms with Crippen LogP contribution in [0.4, 0.5) is 5.82 Å². The summed E-state index contributed by atoms with van der Waals surface area (Å²) in [5.74, 6) is 0.948. The molecule has 0 saturated carbocycles. The first-order valence-electron chi connectivity index (χ1n) is 7.21. The summed E-state index contributed by atoms with van der Waals surface area (Å²) in [4.78, 5) is 25.1. The van der Waals surface area contributed by atoms with Crippen LogP contribution in [0.2, 0.25) is 0 Å². The topological polar surface area (TPSA) is 64.4 Å². The second-order valence-corrected chi connectivity index (χ2v) is 5.23. The number of amides is 1. The van der Waals surface area contributed by atoms with Gasteiger partial charge < -0.3 is 4.74 Å². The van der Waals surface area contributed by atoms with Gasteiger partial charge in [-0.15, -0.1) is 0 Å². The van der Waals surface area contributed by atoms with Gasteiger partial charge in [0.1, 0.15) is 11.5 Å². The van der Waals surface area contributed by atoms with Gasteiger partial charge in [0.2, 0.25) is 5.91 Å². The molecular weight excluding hydrogens is 258 g/mol. The summed E-state index contributed by atoms with van der Waals surface area (Å²) >= 11 is 0. The number of nitrogens with zero attached hydrogens (tertiary/aromatic N) is 3. The van der Waals surface area contributed by atoms with E-state index in [9.17, 15) is 9.59 Å². The lowest BCUT2D eigenvalue weighted by Crippen LogP contribution is -2.37. The van der Waals surface area contributed by atoms with E-state index in [1.54, 1.807) is 4.90 Å². The molecule has 0 bridgehead atoms. The molecule has 0 spiro atoms. The second kappa shape index (κ2) is 5.36. The summed E-state index contributed by atoms with van der Waals surface area (Å²) in [6.45, 7) is 3.97. The zero-order valence-corrected chi connectivity index (χ0v) is 11.7. The lowest BCUT2D eigenvalue weighted by molar-refractivity contribution is -0.118. The highest BCUT2D eigenvalue weighted by Crippen LogP contribution is 2.34. The Morgan fingerprint density at radius 2 is 2.10 bits per heavy atom. The lowest BCUT2D eigenvalue weighted by atomic mass is 10.0. The van der Waals surface area contributed by atoms with Crippen LogP contribution in [-0.2, 0) is 16.0 Å². The number of anilines is 1. The molecule has 0 aliphatic carbocycles. The molecule has 3 heterocycles. The van der Waals surface area contributed by atoms with Crippen LogP contribution in [0, 0.1) is 0 Å². The van der Waals surface area contributed by atoms with E-state index in [0.717, 1.165) is 30.5 Å². The predicted molar refractivity (Wildman–Crippen MR) is 73.1 cm³/mol. The molecule has 108 valence electrons. The van der Waals surface area contributed by atoms with Crippen molar-refractivity contribution in [1.82, 2.24) is 9.78 Å². The van der Waals surface area contributed by atoms with Crippen molar-refractivity contribution in [2.75, 3.05) is 24.7 Å². The van der Waals surface area contributed by atoms with E-state index >= 15 is 0 Å². The van der Waals surface area contributed by atoms with E-state index in [2.05, 4.69) is 5.10 Å². The van der Waals surface area contributed by atoms with Crippen molar-refractivity contribution < 1.29 is 14.3 Å². The van der Waals surface area contributed by atoms with Crippen LogP contribution in [0.1, 0.15) is 48.3 Å². The maximum Gasteiger partial charge on any atom is 0.228 e. The highest BCUT2D eigenvalue weighted by molar-refractivity contribution is 5.97. The van der Waals surface area contributed by atoms with Gasteiger partial charge in [0.05, 0.1) is 6.04 Å². The first-order chi connectivity index (χ1) is 9.76. The molecule has 1 aromatic heterocycles. The summed E-state index contributed by atoms with van der Waals surface area (Å²) in [6, 6.07) is 0.214. The van der Waals surface area contributed by atoms with E-state index < -0.39 is 0 Å². The highest BCUT2D eigenvalue weighted by Gasteiger charge is 2.33. The maximum absolute atomic E-state index is 12.1. The molecule has 1 aromatic rings. The number of hydrogen-bond donors (Lipinski definition) is 0. The number of carbonyl (C=O) groups excluding carboxylic acids is 2. The first kappa shape index (κ1) is 13.3. The smallest absolute Gasteiger partial charge is 0.228 e. The molecule has 2 aliphatic rings. The quantitative estimate of drug-likeness (QED) is 0.782. The maximum atomic E-state index is 12.1. The minimum Gasteiger partial charge on any atom is -0.381 e. The SMILES string of the molecule is CCN1C(=O)CCc2c(C=O)nn(C3CCOCC3)c21. The summed E-state index contributed by atoms with van der Waals surface area (Å²) in [5.41, 5.74) is 1.41. The predicted octanol–water partition coefficient (Wildman–Crippen LogP) is 1.35. The minimum absolute atomic E-state index is 0.116. The van der Waals surface area contributed by atoms with Crippen LogP contribution in [0.25, 0.3) is 0 Å². The molecule has 6 nitrogen and oxygen atoms in total. The van der Waals surface area contributed by atoms with Crippen molar-refractivity contribution in [2.24, 2.45) is 0 Å². The molecule has 0 atom stereocenters. The van der Waals surface area contributed by atoms with Gasteiger partial charge in [0.25, 0.3) is 0 Å². The highest BCUT2D eigenvalue weighted by atomic mass is 16.5. The fourth-order valence-electron chi connectivity index (χ4n) is 3.09. The first-order valence-corrected chi connectivity index (χ1v) is 7.21. The van der Waals surface area contributed by atoms with Crippen LogP contribution >= 0.6 is 0 Å². The summed E-state index contributed by atoms with van der Waals surface area (Å²) in [6.07, 6.45) is 3.62. The number of ether oxygens (including phenoxy) is 1. The van der Waals surface area contributed by atoms with Crippen molar-refractivity contribution in [3.05, 3.63) is 11.3 Å². The van der Waals surface area contributed by atoms with Crippen LogP contribution in [-0.4, -0.2) is 41.7 Å². The number of rotatable bonds is 3. The molecule has 1 fully saturated rings. The molecule has 3 rings (SSSR count). The number of aromatic nitrogens is 2. The van der Waals surface area contributed by atoms with E-state index in [-0.39, 0.29) is 11.9 Å². The van der Waals surface area contributed by atoms with Crippen molar-refractivity contribution in [3.8, 4) is 0 Å². The number of aldehydes is 1. The average molecular weight is 277 g/mol. The second-order valence-electron chi connectivity index (χ2n) is 5.23. The third-order valence-electron chi connectivity index (χ3n) is 4.12. The van der Waals surface area contributed by atoms with E-state index in [4.69, 9.17) is 4.74 Å². The Balaban J connectivity index is 2.07. The average Bonchev–Trinajstić information content (AvgIpc) is 2.87. The summed E-state index contributed by atoms with van der Waals surface area (Å²) < 4.78 is 7.27. The normalized spacial score (nSPS) is 20.1. The number of hydrogen-bond acceptors (Lipinski definition) is 4. The Morgan fingerprint density at radius 3 is 2.75 bits per heavy atom. The molecule has 6 heteroatoms. The molecule has 1 amide bonds. The lowest BCUT2D eigenvalue weighted by Gasteiger charge is -2.31. The van der Waals surface area contributed by atoms with Gasteiger partial charge in [-0.05, 0) is 26.2 Å². The number of fused-ring (bicyclic) bond motifs is 1. The summed E-state index contributed by atoms with van der Waals surface area (Å²) in [5, 5.41) is 4.47. The summed E-state index contributed by atoms with van der Waals surface area (Å²) in [7, 11) is 0. The van der Waals surface area contributed by atoms with Crippen LogP contribution in [0.5, 0.6) is 0 Å². The Kier molecular flexibility index (Phi) is 3.56. The van der Waals surface area contributed by atoms with Crippen LogP contribution < -0.4 is 4.90 Å². The van der Waals surface area contributed by atoms with Gasteiger partial charge in [-0.3, -0.25) is 14.5 Å². The van der Waals surface area contributed by atoms with Crippen molar-refractivity contribution in [1.29, 1.82) is 0 Å². The Labute approximate surface area is 117 Å². The Morgan fingerprint density at radius 1 is 1.35 bits per heavy atom. The molecule has 1 saturated heterocycles. The fraction of sp³-hybridized carbons (Fsp3) is 0.643. The van der Waals surface area contributed by atoms with E-state index in [1.165, 1.54) is 0 Å². The van der Waals surface area contributed by atoms with Gasteiger partial charge >= 0.3 is 0 Å². The van der Waals surface area contributed by atoms with Gasteiger partial charge in [-0.2, -0.15) is 5.10 Å². The zero-order valence-electron chi connectivity index (χ0n) is 11.7. The number of carbonyl (C=O) groups is 2. The fourth-order valence-corrected chi connectivity index (χ4v) is 3.09. The largest absolute Gasteiger partial charge is 0.381 e. The van der Waals surface area contributed by atoms with Gasteiger partial charge in [-0.25, -0.2) is 4.68 Å². The molecule has 0 aromatic carbocycles.